The van der Waals surface area contributed by atoms with Crippen LogP contribution in [0.5, 0.6) is 5.75 Å². The third-order valence-electron chi connectivity index (χ3n) is 5.24. The molecule has 1 unspecified atom stereocenters. The number of nitrogens with zero attached hydrogens (tertiary/aromatic N) is 1. The molecule has 29 heavy (non-hydrogen) atoms. The van der Waals surface area contributed by atoms with Crippen molar-refractivity contribution in [3.05, 3.63) is 78.9 Å². The molecule has 5 rings (SSSR count). The predicted octanol–water partition coefficient (Wildman–Crippen LogP) is 3.94. The van der Waals surface area contributed by atoms with Gasteiger partial charge in [-0.3, -0.25) is 4.31 Å². The van der Waals surface area contributed by atoms with Crippen LogP contribution < -0.4 is 9.04 Å². The molecule has 0 saturated carbocycles. The molecule has 1 aliphatic rings. The van der Waals surface area contributed by atoms with E-state index in [0.717, 1.165) is 16.2 Å². The van der Waals surface area contributed by atoms with Gasteiger partial charge in [-0.15, -0.1) is 0 Å². The molecule has 0 fully saturated rings. The van der Waals surface area contributed by atoms with E-state index >= 15 is 0 Å². The van der Waals surface area contributed by atoms with E-state index in [-0.39, 0.29) is 18.0 Å². The lowest BCUT2D eigenvalue weighted by atomic mass is 10.1. The number of anilines is 1. The van der Waals surface area contributed by atoms with Crippen LogP contribution in [0.25, 0.3) is 21.5 Å². The van der Waals surface area contributed by atoms with Crippen molar-refractivity contribution in [3.63, 3.8) is 0 Å². The third-order valence-corrected chi connectivity index (χ3v) is 7.06. The molecule has 146 valence electrons. The molecular formula is C23H19NO4S. The van der Waals surface area contributed by atoms with E-state index in [0.29, 0.717) is 16.8 Å². The van der Waals surface area contributed by atoms with Gasteiger partial charge in [0.1, 0.15) is 18.5 Å². The van der Waals surface area contributed by atoms with Crippen LogP contribution in [0.3, 0.4) is 0 Å². The summed E-state index contributed by atoms with van der Waals surface area (Å²) in [5.74, 6) is 0.664. The summed E-state index contributed by atoms with van der Waals surface area (Å²) in [5.41, 5.74) is 0.599. The molecule has 1 heterocycles. The summed E-state index contributed by atoms with van der Waals surface area (Å²) in [6.45, 7) is -0.0761. The lowest BCUT2D eigenvalue weighted by Gasteiger charge is -2.22. The zero-order valence-corrected chi connectivity index (χ0v) is 16.3. The standard InChI is InChI=1S/C23H19NO4S/c25-18(15-28-21-12-4-7-16-6-1-2-10-19(16)21)14-24-20-11-3-8-17-9-5-13-22(23(17)20)29(24,26)27/h1-13,18,25H,14-15H2. The fraction of sp³-hybridized carbons (Fsp3) is 0.130. The highest BCUT2D eigenvalue weighted by molar-refractivity contribution is 7.93. The highest BCUT2D eigenvalue weighted by atomic mass is 32.2. The molecule has 1 atom stereocenters. The number of hydrogen-bond donors (Lipinski definition) is 1. The average molecular weight is 405 g/mol. The summed E-state index contributed by atoms with van der Waals surface area (Å²) in [4.78, 5) is 0.285. The maximum atomic E-state index is 13.0. The molecule has 5 nitrogen and oxygen atoms in total. The first-order valence-electron chi connectivity index (χ1n) is 9.39. The Labute approximate surface area is 168 Å². The highest BCUT2D eigenvalue weighted by Gasteiger charge is 2.36. The van der Waals surface area contributed by atoms with Crippen LogP contribution >= 0.6 is 0 Å². The third kappa shape index (κ3) is 2.92. The lowest BCUT2D eigenvalue weighted by Crippen LogP contribution is -2.37. The van der Waals surface area contributed by atoms with Gasteiger partial charge < -0.3 is 9.84 Å². The van der Waals surface area contributed by atoms with E-state index in [1.54, 1.807) is 18.2 Å². The number of hydrogen-bond acceptors (Lipinski definition) is 4. The quantitative estimate of drug-likeness (QED) is 0.546. The molecule has 4 aromatic carbocycles. The predicted molar refractivity (Wildman–Crippen MR) is 114 cm³/mol. The summed E-state index contributed by atoms with van der Waals surface area (Å²) < 4.78 is 33.2. The SMILES string of the molecule is O=S1(=O)c2cccc3cccc(c23)N1CC(O)COc1cccc2ccccc12. The first-order valence-corrected chi connectivity index (χ1v) is 10.8. The Morgan fingerprint density at radius 1 is 0.862 bits per heavy atom. The number of aliphatic hydroxyl groups is 1. The normalized spacial score (nSPS) is 15.7. The fourth-order valence-electron chi connectivity index (χ4n) is 3.91. The fourth-order valence-corrected chi connectivity index (χ4v) is 5.65. The molecular weight excluding hydrogens is 386 g/mol. The second-order valence-corrected chi connectivity index (χ2v) is 8.94. The van der Waals surface area contributed by atoms with Gasteiger partial charge in [0, 0.05) is 10.8 Å². The molecule has 4 aromatic rings. The van der Waals surface area contributed by atoms with Crippen LogP contribution in [0, 0.1) is 0 Å². The van der Waals surface area contributed by atoms with Gasteiger partial charge >= 0.3 is 0 Å². The second-order valence-electron chi connectivity index (χ2n) is 7.11. The van der Waals surface area contributed by atoms with E-state index in [9.17, 15) is 13.5 Å². The Bertz CT molecular complexity index is 1320. The van der Waals surface area contributed by atoms with Crippen LogP contribution in [0.4, 0.5) is 5.69 Å². The van der Waals surface area contributed by atoms with Gasteiger partial charge in [-0.2, -0.15) is 0 Å². The topological polar surface area (TPSA) is 66.8 Å². The molecule has 1 N–H and O–H groups in total. The van der Waals surface area contributed by atoms with Gasteiger partial charge in [-0.1, -0.05) is 60.7 Å². The first kappa shape index (κ1) is 18.0. The summed E-state index contributed by atoms with van der Waals surface area (Å²) in [6.07, 6.45) is -0.978. The maximum Gasteiger partial charge on any atom is 0.265 e. The minimum absolute atomic E-state index is 0.00759. The average Bonchev–Trinajstić information content (AvgIpc) is 2.95. The molecule has 6 heteroatoms. The Morgan fingerprint density at radius 2 is 1.55 bits per heavy atom. The smallest absolute Gasteiger partial charge is 0.265 e. The van der Waals surface area contributed by atoms with Crippen molar-refractivity contribution in [1.82, 2.24) is 0 Å². The van der Waals surface area contributed by atoms with E-state index < -0.39 is 16.1 Å². The molecule has 0 aromatic heterocycles. The van der Waals surface area contributed by atoms with Crippen molar-refractivity contribution in [2.75, 3.05) is 17.5 Å². The van der Waals surface area contributed by atoms with Crippen molar-refractivity contribution in [2.45, 2.75) is 11.0 Å². The number of sulfonamides is 1. The van der Waals surface area contributed by atoms with Crippen LogP contribution in [0.2, 0.25) is 0 Å². The molecule has 0 saturated heterocycles. The zero-order valence-electron chi connectivity index (χ0n) is 15.5. The maximum absolute atomic E-state index is 13.0. The molecule has 1 aliphatic heterocycles. The lowest BCUT2D eigenvalue weighted by molar-refractivity contribution is 0.116. The van der Waals surface area contributed by atoms with Gasteiger partial charge in [-0.05, 0) is 29.0 Å². The Morgan fingerprint density at radius 3 is 2.41 bits per heavy atom. The Balaban J connectivity index is 1.39. The molecule has 0 aliphatic carbocycles. The molecule has 0 radical (unpaired) electrons. The van der Waals surface area contributed by atoms with Gasteiger partial charge in [0.05, 0.1) is 17.1 Å². The van der Waals surface area contributed by atoms with Crippen molar-refractivity contribution in [1.29, 1.82) is 0 Å². The number of fused-ring (bicyclic) bond motifs is 1. The van der Waals surface area contributed by atoms with Crippen LogP contribution in [-0.4, -0.2) is 32.8 Å². The minimum Gasteiger partial charge on any atom is -0.490 e. The molecule has 0 bridgehead atoms. The summed E-state index contributed by atoms with van der Waals surface area (Å²) >= 11 is 0. The monoisotopic (exact) mass is 405 g/mol. The number of benzene rings is 4. The van der Waals surface area contributed by atoms with Gasteiger partial charge in [-0.25, -0.2) is 8.42 Å². The second kappa shape index (κ2) is 6.76. The number of ether oxygens (including phenoxy) is 1. The Kier molecular flexibility index (Phi) is 4.19. The van der Waals surface area contributed by atoms with E-state index in [1.807, 2.05) is 60.7 Å². The number of β-amino-alcohol motifs (C(OH)–C–C–N with tert-alkyl or cyclic N) is 1. The summed E-state index contributed by atoms with van der Waals surface area (Å²) in [6, 6.07) is 24.3. The van der Waals surface area contributed by atoms with Crippen LogP contribution in [-0.2, 0) is 10.0 Å². The summed E-state index contributed by atoms with van der Waals surface area (Å²) in [5, 5.41) is 14.1. The number of aliphatic hydroxyl groups excluding tert-OH is 1. The van der Waals surface area contributed by atoms with E-state index in [2.05, 4.69) is 0 Å². The first-order chi connectivity index (χ1) is 14.1. The van der Waals surface area contributed by atoms with E-state index in [1.165, 1.54) is 4.31 Å². The van der Waals surface area contributed by atoms with Gasteiger partial charge in [0.15, 0.2) is 0 Å². The van der Waals surface area contributed by atoms with Crippen molar-refractivity contribution in [3.8, 4) is 5.75 Å². The Hall–Kier alpha value is -3.09. The molecule has 0 spiro atoms. The minimum atomic E-state index is -3.69. The molecule has 0 amide bonds. The van der Waals surface area contributed by atoms with Crippen LogP contribution in [0.15, 0.2) is 83.8 Å². The van der Waals surface area contributed by atoms with E-state index in [4.69, 9.17) is 4.74 Å². The summed E-state index contributed by atoms with van der Waals surface area (Å²) in [7, 11) is -3.69. The van der Waals surface area contributed by atoms with Gasteiger partial charge in [0.25, 0.3) is 10.0 Å². The largest absolute Gasteiger partial charge is 0.490 e. The zero-order chi connectivity index (χ0) is 20.0. The van der Waals surface area contributed by atoms with Crippen molar-refractivity contribution >= 4 is 37.3 Å². The highest BCUT2D eigenvalue weighted by Crippen LogP contribution is 2.41. The van der Waals surface area contributed by atoms with Crippen LogP contribution in [0.1, 0.15) is 0 Å². The number of rotatable bonds is 5. The van der Waals surface area contributed by atoms with Crippen molar-refractivity contribution < 1.29 is 18.3 Å². The van der Waals surface area contributed by atoms with Crippen molar-refractivity contribution in [2.24, 2.45) is 0 Å². The van der Waals surface area contributed by atoms with Gasteiger partial charge in [0.2, 0.25) is 0 Å².